The average molecular weight is 253 g/mol. The maximum absolute atomic E-state index is 10.8. The van der Waals surface area contributed by atoms with Crippen LogP contribution in [0.15, 0.2) is 18.3 Å². The van der Waals surface area contributed by atoms with Crippen molar-refractivity contribution in [2.45, 2.75) is 12.5 Å². The molecule has 1 atom stereocenters. The van der Waals surface area contributed by atoms with Crippen LogP contribution in [-0.2, 0) is 0 Å². The van der Waals surface area contributed by atoms with Crippen LogP contribution in [0.5, 0.6) is 0 Å². The highest BCUT2D eigenvalue weighted by Crippen LogP contribution is 2.10. The van der Waals surface area contributed by atoms with Crippen molar-refractivity contribution in [1.82, 2.24) is 9.88 Å². The van der Waals surface area contributed by atoms with Crippen LogP contribution in [0.1, 0.15) is 17.3 Å². The van der Waals surface area contributed by atoms with Gasteiger partial charge < -0.3 is 20.4 Å². The molecule has 0 aliphatic heterocycles. The number of aromatic nitrogens is 1. The highest BCUT2D eigenvalue weighted by atomic mass is 16.4. The molecule has 0 aromatic carbocycles. The van der Waals surface area contributed by atoms with Crippen LogP contribution < -0.4 is 5.32 Å². The van der Waals surface area contributed by atoms with Crippen LogP contribution in [-0.4, -0.2) is 58.9 Å². The number of hydrogen-bond donors (Lipinski definition) is 3. The number of anilines is 1. The van der Waals surface area contributed by atoms with Gasteiger partial charge in [-0.15, -0.1) is 0 Å². The molecular formula is C12H19N3O3. The van der Waals surface area contributed by atoms with Crippen molar-refractivity contribution in [3.05, 3.63) is 23.9 Å². The molecule has 0 saturated carbocycles. The molecule has 100 valence electrons. The van der Waals surface area contributed by atoms with Gasteiger partial charge in [-0.25, -0.2) is 9.78 Å². The van der Waals surface area contributed by atoms with E-state index in [9.17, 15) is 9.90 Å². The first-order valence-electron chi connectivity index (χ1n) is 5.60. The maximum Gasteiger partial charge on any atom is 0.335 e. The molecule has 6 nitrogen and oxygen atoms in total. The number of aliphatic hydroxyl groups is 1. The minimum atomic E-state index is -1.000. The van der Waals surface area contributed by atoms with Crippen LogP contribution >= 0.6 is 0 Å². The van der Waals surface area contributed by atoms with E-state index in [1.54, 1.807) is 6.92 Å². The summed E-state index contributed by atoms with van der Waals surface area (Å²) in [6.07, 6.45) is 1.42. The van der Waals surface area contributed by atoms with Crippen LogP contribution in [0.4, 0.5) is 5.82 Å². The van der Waals surface area contributed by atoms with Gasteiger partial charge in [0, 0.05) is 19.3 Å². The topological polar surface area (TPSA) is 85.7 Å². The average Bonchev–Trinajstić information content (AvgIpc) is 2.25. The highest BCUT2D eigenvalue weighted by molar-refractivity contribution is 5.88. The summed E-state index contributed by atoms with van der Waals surface area (Å²) in [7, 11) is 3.75. The number of nitrogens with zero attached hydrogens (tertiary/aromatic N) is 2. The third-order valence-corrected chi connectivity index (χ3v) is 2.31. The number of likely N-dealkylation sites (N-methyl/N-ethyl adjacent to an activating group) is 1. The summed E-state index contributed by atoms with van der Waals surface area (Å²) in [5.74, 6) is -0.561. The molecule has 6 heteroatoms. The Labute approximate surface area is 106 Å². The molecule has 0 aliphatic rings. The lowest BCUT2D eigenvalue weighted by Crippen LogP contribution is -2.43. The van der Waals surface area contributed by atoms with E-state index in [0.717, 1.165) is 0 Å². The molecule has 0 aliphatic carbocycles. The van der Waals surface area contributed by atoms with Gasteiger partial charge in [0.25, 0.3) is 0 Å². The zero-order valence-electron chi connectivity index (χ0n) is 10.8. The Morgan fingerprint density at radius 2 is 2.22 bits per heavy atom. The van der Waals surface area contributed by atoms with Gasteiger partial charge in [-0.1, -0.05) is 0 Å². The quantitative estimate of drug-likeness (QED) is 0.684. The van der Waals surface area contributed by atoms with Crippen molar-refractivity contribution < 1.29 is 15.0 Å². The summed E-state index contributed by atoms with van der Waals surface area (Å²) >= 11 is 0. The summed E-state index contributed by atoms with van der Waals surface area (Å²) in [5, 5.41) is 21.9. The first kappa shape index (κ1) is 14.4. The molecule has 0 spiro atoms. The molecule has 1 aromatic rings. The fraction of sp³-hybridized carbons (Fsp3) is 0.500. The van der Waals surface area contributed by atoms with E-state index in [4.69, 9.17) is 5.11 Å². The number of pyridine rings is 1. The van der Waals surface area contributed by atoms with Gasteiger partial charge >= 0.3 is 5.97 Å². The van der Waals surface area contributed by atoms with E-state index >= 15 is 0 Å². The lowest BCUT2D eigenvalue weighted by molar-refractivity contribution is 0.0459. The molecule has 0 saturated heterocycles. The first-order valence-corrected chi connectivity index (χ1v) is 5.60. The SMILES string of the molecule is CN(C)CC(C)(O)CNc1cc(C(=O)O)ccn1. The number of rotatable bonds is 6. The number of carboxylic acids is 1. The highest BCUT2D eigenvalue weighted by Gasteiger charge is 2.21. The molecule has 0 amide bonds. The van der Waals surface area contributed by atoms with Crippen molar-refractivity contribution >= 4 is 11.8 Å². The monoisotopic (exact) mass is 253 g/mol. The third kappa shape index (κ3) is 4.68. The Bertz CT molecular complexity index is 419. The zero-order chi connectivity index (χ0) is 13.8. The predicted octanol–water partition coefficient (Wildman–Crippen LogP) is 0.504. The van der Waals surface area contributed by atoms with Crippen molar-refractivity contribution in [3.8, 4) is 0 Å². The largest absolute Gasteiger partial charge is 0.478 e. The van der Waals surface area contributed by atoms with E-state index in [1.807, 2.05) is 19.0 Å². The summed E-state index contributed by atoms with van der Waals surface area (Å²) in [5.41, 5.74) is -0.746. The van der Waals surface area contributed by atoms with Gasteiger partial charge in [-0.05, 0) is 33.2 Å². The van der Waals surface area contributed by atoms with Gasteiger partial charge in [-0.3, -0.25) is 0 Å². The van der Waals surface area contributed by atoms with Gasteiger partial charge in [0.15, 0.2) is 0 Å². The van der Waals surface area contributed by atoms with Crippen molar-refractivity contribution in [3.63, 3.8) is 0 Å². The number of hydrogen-bond acceptors (Lipinski definition) is 5. The Hall–Kier alpha value is -1.66. The second kappa shape index (κ2) is 5.79. The van der Waals surface area contributed by atoms with Crippen LogP contribution in [0.25, 0.3) is 0 Å². The first-order chi connectivity index (χ1) is 8.30. The molecular weight excluding hydrogens is 234 g/mol. The Morgan fingerprint density at radius 3 is 2.78 bits per heavy atom. The maximum atomic E-state index is 10.8. The Balaban J connectivity index is 2.63. The molecule has 0 bridgehead atoms. The molecule has 3 N–H and O–H groups in total. The fourth-order valence-corrected chi connectivity index (χ4v) is 1.68. The van der Waals surface area contributed by atoms with Gasteiger partial charge in [-0.2, -0.15) is 0 Å². The molecule has 1 aromatic heterocycles. The molecule has 18 heavy (non-hydrogen) atoms. The van der Waals surface area contributed by atoms with E-state index in [1.165, 1.54) is 18.3 Å². The number of carboxylic acid groups (broad SMARTS) is 1. The fourth-order valence-electron chi connectivity index (χ4n) is 1.68. The van der Waals surface area contributed by atoms with Gasteiger partial charge in [0.05, 0.1) is 11.2 Å². The van der Waals surface area contributed by atoms with Crippen molar-refractivity contribution in [1.29, 1.82) is 0 Å². The molecule has 1 rings (SSSR count). The second-order valence-corrected chi connectivity index (χ2v) is 4.82. The predicted molar refractivity (Wildman–Crippen MR) is 68.9 cm³/mol. The second-order valence-electron chi connectivity index (χ2n) is 4.82. The van der Waals surface area contributed by atoms with Crippen LogP contribution in [0.3, 0.4) is 0 Å². The molecule has 1 unspecified atom stereocenters. The van der Waals surface area contributed by atoms with Gasteiger partial charge in [0.1, 0.15) is 5.82 Å². The summed E-state index contributed by atoms with van der Waals surface area (Å²) in [6.45, 7) is 2.50. The van der Waals surface area contributed by atoms with Crippen LogP contribution in [0, 0.1) is 0 Å². The molecule has 1 heterocycles. The van der Waals surface area contributed by atoms with Crippen molar-refractivity contribution in [2.75, 3.05) is 32.5 Å². The Kier molecular flexibility index (Phi) is 4.63. The normalized spacial score (nSPS) is 14.3. The number of nitrogens with one attached hydrogen (secondary N) is 1. The summed E-state index contributed by atoms with van der Waals surface area (Å²) < 4.78 is 0. The minimum absolute atomic E-state index is 0.166. The Morgan fingerprint density at radius 1 is 1.56 bits per heavy atom. The summed E-state index contributed by atoms with van der Waals surface area (Å²) in [4.78, 5) is 16.7. The molecule has 0 radical (unpaired) electrons. The minimum Gasteiger partial charge on any atom is -0.478 e. The van der Waals surface area contributed by atoms with E-state index in [0.29, 0.717) is 18.9 Å². The van der Waals surface area contributed by atoms with Gasteiger partial charge in [0.2, 0.25) is 0 Å². The number of aromatic carboxylic acids is 1. The zero-order valence-corrected chi connectivity index (χ0v) is 10.8. The summed E-state index contributed by atoms with van der Waals surface area (Å²) in [6, 6.07) is 2.86. The third-order valence-electron chi connectivity index (χ3n) is 2.31. The lowest BCUT2D eigenvalue weighted by Gasteiger charge is -2.27. The van der Waals surface area contributed by atoms with Crippen LogP contribution in [0.2, 0.25) is 0 Å². The van der Waals surface area contributed by atoms with E-state index in [-0.39, 0.29) is 5.56 Å². The smallest absolute Gasteiger partial charge is 0.335 e. The van der Waals surface area contributed by atoms with Crippen molar-refractivity contribution in [2.24, 2.45) is 0 Å². The number of carbonyl (C=O) groups is 1. The standard InChI is InChI=1S/C12H19N3O3/c1-12(18,8-15(2)3)7-14-10-6-9(11(16)17)4-5-13-10/h4-6,18H,7-8H2,1-3H3,(H,13,14)(H,16,17). The van der Waals surface area contributed by atoms with E-state index < -0.39 is 11.6 Å². The molecule has 0 fully saturated rings. The lowest BCUT2D eigenvalue weighted by atomic mass is 10.1. The van der Waals surface area contributed by atoms with E-state index in [2.05, 4.69) is 10.3 Å².